The van der Waals surface area contributed by atoms with Crippen molar-refractivity contribution in [1.29, 1.82) is 0 Å². The number of hydrogen-bond donors (Lipinski definition) is 0. The Bertz CT molecular complexity index is 596. The molecule has 0 aliphatic rings. The zero-order chi connectivity index (χ0) is 14.2. The maximum Gasteiger partial charge on any atom is 0.417 e. The van der Waals surface area contributed by atoms with Gasteiger partial charge in [-0.3, -0.25) is 0 Å². The molecule has 0 saturated heterocycles. The van der Waals surface area contributed by atoms with Crippen LogP contribution < -0.4 is 0 Å². The summed E-state index contributed by atoms with van der Waals surface area (Å²) in [5, 5.41) is 0. The van der Waals surface area contributed by atoms with Gasteiger partial charge in [0, 0.05) is 4.47 Å². The molecule has 0 spiro atoms. The van der Waals surface area contributed by atoms with E-state index < -0.39 is 34.5 Å². The van der Waals surface area contributed by atoms with Crippen molar-refractivity contribution >= 4 is 15.9 Å². The molecule has 19 heavy (non-hydrogen) atoms. The van der Waals surface area contributed by atoms with Gasteiger partial charge in [-0.25, -0.2) is 8.78 Å². The van der Waals surface area contributed by atoms with Gasteiger partial charge in [-0.05, 0) is 29.8 Å². The molecule has 6 heteroatoms. The summed E-state index contributed by atoms with van der Waals surface area (Å²) in [6, 6.07) is 6.90. The van der Waals surface area contributed by atoms with Crippen molar-refractivity contribution in [2.75, 3.05) is 0 Å². The topological polar surface area (TPSA) is 0 Å². The molecule has 0 nitrogen and oxygen atoms in total. The Morgan fingerprint density at radius 3 is 2.16 bits per heavy atom. The minimum atomic E-state index is -4.71. The summed E-state index contributed by atoms with van der Waals surface area (Å²) in [7, 11) is 0. The molecule has 0 aliphatic carbocycles. The van der Waals surface area contributed by atoms with E-state index in [0.29, 0.717) is 6.07 Å². The highest BCUT2D eigenvalue weighted by Crippen LogP contribution is 2.39. The Kier molecular flexibility index (Phi) is 3.62. The summed E-state index contributed by atoms with van der Waals surface area (Å²) in [5.41, 5.74) is -2.38. The molecule has 99 valence electrons. The van der Waals surface area contributed by atoms with E-state index in [-0.39, 0.29) is 4.47 Å². The van der Waals surface area contributed by atoms with E-state index in [0.717, 1.165) is 18.2 Å². The number of rotatable bonds is 1. The van der Waals surface area contributed by atoms with E-state index in [1.165, 1.54) is 6.07 Å². The van der Waals surface area contributed by atoms with E-state index in [9.17, 15) is 22.0 Å². The minimum absolute atomic E-state index is 0.113. The van der Waals surface area contributed by atoms with E-state index >= 15 is 0 Å². The first-order valence-electron chi connectivity index (χ1n) is 5.03. The number of benzene rings is 2. The molecule has 1 radical (unpaired) electrons. The third-order valence-corrected chi connectivity index (χ3v) is 2.90. The van der Waals surface area contributed by atoms with Gasteiger partial charge in [0.05, 0.1) is 11.1 Å². The van der Waals surface area contributed by atoms with Crippen LogP contribution in [0.25, 0.3) is 11.1 Å². The van der Waals surface area contributed by atoms with Crippen LogP contribution in [0, 0.1) is 17.7 Å². The van der Waals surface area contributed by atoms with Crippen molar-refractivity contribution in [2.45, 2.75) is 6.18 Å². The molecule has 0 unspecified atom stereocenters. The SMILES string of the molecule is Fc1cc(Br)cc(F)c1-c1cc[c]cc1C(F)(F)F. The summed E-state index contributed by atoms with van der Waals surface area (Å²) >= 11 is 2.87. The standard InChI is InChI=1S/C13H5BrF5/c14-7-5-10(15)12(11(16)6-7)8-3-1-2-4-9(8)13(17,18)19/h1,3-6H. The molecule has 2 aromatic rings. The van der Waals surface area contributed by atoms with Gasteiger partial charge in [0.2, 0.25) is 0 Å². The van der Waals surface area contributed by atoms with Crippen LogP contribution in [0.15, 0.2) is 34.8 Å². The lowest BCUT2D eigenvalue weighted by Crippen LogP contribution is -2.08. The largest absolute Gasteiger partial charge is 0.417 e. The Balaban J connectivity index is 2.74. The predicted octanol–water partition coefficient (Wildman–Crippen LogP) is 5.21. The van der Waals surface area contributed by atoms with E-state index in [1.54, 1.807) is 0 Å². The molecule has 2 aromatic carbocycles. The normalized spacial score (nSPS) is 11.7. The molecule has 2 rings (SSSR count). The highest BCUT2D eigenvalue weighted by atomic mass is 79.9. The lowest BCUT2D eigenvalue weighted by Gasteiger charge is -2.14. The molecule has 0 atom stereocenters. The lowest BCUT2D eigenvalue weighted by atomic mass is 9.98. The van der Waals surface area contributed by atoms with Crippen LogP contribution >= 0.6 is 15.9 Å². The van der Waals surface area contributed by atoms with Crippen LogP contribution in [0.5, 0.6) is 0 Å². The Hall–Kier alpha value is -1.43. The molecule has 0 saturated carbocycles. The maximum absolute atomic E-state index is 13.7. The summed E-state index contributed by atoms with van der Waals surface area (Å²) in [6.45, 7) is 0. The molecule has 0 N–H and O–H groups in total. The van der Waals surface area contributed by atoms with Gasteiger partial charge >= 0.3 is 6.18 Å². The summed E-state index contributed by atoms with van der Waals surface area (Å²) in [5.74, 6) is -2.13. The average molecular weight is 336 g/mol. The van der Waals surface area contributed by atoms with Crippen molar-refractivity contribution in [2.24, 2.45) is 0 Å². The number of hydrogen-bond acceptors (Lipinski definition) is 0. The van der Waals surface area contributed by atoms with Crippen LogP contribution in [0.3, 0.4) is 0 Å². The third kappa shape index (κ3) is 2.78. The third-order valence-electron chi connectivity index (χ3n) is 2.45. The smallest absolute Gasteiger partial charge is 0.206 e. The number of alkyl halides is 3. The first-order valence-corrected chi connectivity index (χ1v) is 5.82. The van der Waals surface area contributed by atoms with Gasteiger partial charge in [-0.1, -0.05) is 28.1 Å². The highest BCUT2D eigenvalue weighted by Gasteiger charge is 2.34. The number of halogens is 6. The fourth-order valence-electron chi connectivity index (χ4n) is 1.68. The Morgan fingerprint density at radius 1 is 1.05 bits per heavy atom. The van der Waals surface area contributed by atoms with Crippen LogP contribution in [-0.2, 0) is 6.18 Å². The van der Waals surface area contributed by atoms with Gasteiger partial charge in [0.1, 0.15) is 11.6 Å². The Labute approximate surface area is 114 Å². The van der Waals surface area contributed by atoms with Crippen molar-refractivity contribution < 1.29 is 22.0 Å². The summed E-state index contributed by atoms with van der Waals surface area (Å²) < 4.78 is 66.0. The van der Waals surface area contributed by atoms with E-state index in [1.807, 2.05) is 0 Å². The van der Waals surface area contributed by atoms with Crippen molar-refractivity contribution in [3.05, 3.63) is 58.1 Å². The van der Waals surface area contributed by atoms with Gasteiger partial charge in [0.15, 0.2) is 0 Å². The first kappa shape index (κ1) is 14.0. The van der Waals surface area contributed by atoms with E-state index in [4.69, 9.17) is 0 Å². The maximum atomic E-state index is 13.7. The first-order chi connectivity index (χ1) is 8.80. The quantitative estimate of drug-likeness (QED) is 0.627. The second-order valence-corrected chi connectivity index (χ2v) is 4.63. The highest BCUT2D eigenvalue weighted by molar-refractivity contribution is 9.10. The molecule has 0 fully saturated rings. The molecule has 0 bridgehead atoms. The second kappa shape index (κ2) is 4.92. The average Bonchev–Trinajstić information content (AvgIpc) is 2.26. The minimum Gasteiger partial charge on any atom is -0.206 e. The van der Waals surface area contributed by atoms with Gasteiger partial charge in [-0.2, -0.15) is 13.2 Å². The van der Waals surface area contributed by atoms with Gasteiger partial charge in [-0.15, -0.1) is 0 Å². The van der Waals surface area contributed by atoms with Crippen molar-refractivity contribution in [1.82, 2.24) is 0 Å². The lowest BCUT2D eigenvalue weighted by molar-refractivity contribution is -0.137. The second-order valence-electron chi connectivity index (χ2n) is 3.71. The van der Waals surface area contributed by atoms with Crippen molar-refractivity contribution in [3.63, 3.8) is 0 Å². The summed E-state index contributed by atoms with van der Waals surface area (Å²) in [4.78, 5) is 0. The molecular weight excluding hydrogens is 331 g/mol. The zero-order valence-corrected chi connectivity index (χ0v) is 10.7. The van der Waals surface area contributed by atoms with Gasteiger partial charge in [0.25, 0.3) is 0 Å². The fraction of sp³-hybridized carbons (Fsp3) is 0.0769. The van der Waals surface area contributed by atoms with Gasteiger partial charge < -0.3 is 0 Å². The molecule has 0 aromatic heterocycles. The summed E-state index contributed by atoms with van der Waals surface area (Å²) in [6.07, 6.45) is -4.71. The predicted molar refractivity (Wildman–Crippen MR) is 63.3 cm³/mol. The fourth-order valence-corrected chi connectivity index (χ4v) is 2.08. The van der Waals surface area contributed by atoms with E-state index in [2.05, 4.69) is 22.0 Å². The Morgan fingerprint density at radius 2 is 1.63 bits per heavy atom. The molecule has 0 aliphatic heterocycles. The monoisotopic (exact) mass is 335 g/mol. The van der Waals surface area contributed by atoms with Crippen molar-refractivity contribution in [3.8, 4) is 11.1 Å². The molecule has 0 heterocycles. The van der Waals surface area contributed by atoms with Crippen LogP contribution in [0.4, 0.5) is 22.0 Å². The zero-order valence-electron chi connectivity index (χ0n) is 9.15. The van der Waals surface area contributed by atoms with Crippen LogP contribution in [-0.4, -0.2) is 0 Å². The van der Waals surface area contributed by atoms with Crippen LogP contribution in [0.2, 0.25) is 0 Å². The molecule has 0 amide bonds. The van der Waals surface area contributed by atoms with Crippen LogP contribution in [0.1, 0.15) is 5.56 Å². The molecular formula is C13H5BrF5.